The number of benzene rings is 1. The minimum Gasteiger partial charge on any atom is -0.356 e. The van der Waals surface area contributed by atoms with Crippen LogP contribution in [0.5, 0.6) is 0 Å². The summed E-state index contributed by atoms with van der Waals surface area (Å²) in [5, 5.41) is 2.85. The molecule has 1 aliphatic rings. The molecule has 0 saturated carbocycles. The molecule has 0 bridgehead atoms. The number of amides is 2. The lowest BCUT2D eigenvalue weighted by atomic mass is 10.2. The molecule has 0 atom stereocenters. The predicted octanol–water partition coefficient (Wildman–Crippen LogP) is 3.30. The molecule has 1 saturated heterocycles. The van der Waals surface area contributed by atoms with Gasteiger partial charge in [0.25, 0.3) is 11.8 Å². The molecule has 6 heteroatoms. The number of carbonyl (C=O) groups excluding carboxylic acids is 2. The van der Waals surface area contributed by atoms with Crippen molar-refractivity contribution in [1.29, 1.82) is 0 Å². The summed E-state index contributed by atoms with van der Waals surface area (Å²) in [6.45, 7) is 1.54. The van der Waals surface area contributed by atoms with E-state index in [-0.39, 0.29) is 11.8 Å². The lowest BCUT2D eigenvalue weighted by Crippen LogP contribution is -2.27. The van der Waals surface area contributed by atoms with E-state index in [0.29, 0.717) is 22.6 Å². The van der Waals surface area contributed by atoms with Crippen LogP contribution in [0.25, 0.3) is 0 Å². The second-order valence-electron chi connectivity index (χ2n) is 6.80. The van der Waals surface area contributed by atoms with Gasteiger partial charge >= 0.3 is 0 Å². The van der Waals surface area contributed by atoms with Crippen LogP contribution in [-0.4, -0.2) is 39.8 Å². The maximum absolute atomic E-state index is 12.6. The van der Waals surface area contributed by atoms with Crippen molar-refractivity contribution in [3.05, 3.63) is 83.4 Å². The summed E-state index contributed by atoms with van der Waals surface area (Å²) in [7, 11) is 0. The van der Waals surface area contributed by atoms with E-state index in [2.05, 4.69) is 27.1 Å². The third-order valence-corrected chi connectivity index (χ3v) is 4.69. The van der Waals surface area contributed by atoms with Crippen LogP contribution in [0, 0.1) is 11.8 Å². The first-order valence-electron chi connectivity index (χ1n) is 9.51. The molecule has 0 unspecified atom stereocenters. The number of anilines is 1. The molecule has 1 aromatic carbocycles. The predicted molar refractivity (Wildman–Crippen MR) is 111 cm³/mol. The molecule has 0 radical (unpaired) electrons. The van der Waals surface area contributed by atoms with Gasteiger partial charge in [0, 0.05) is 36.7 Å². The van der Waals surface area contributed by atoms with Gasteiger partial charge in [-0.05, 0) is 55.2 Å². The number of rotatable bonds is 3. The number of hydrogen-bond acceptors (Lipinski definition) is 3. The van der Waals surface area contributed by atoms with E-state index in [9.17, 15) is 9.59 Å². The van der Waals surface area contributed by atoms with Crippen molar-refractivity contribution in [2.75, 3.05) is 18.4 Å². The van der Waals surface area contributed by atoms with Crippen LogP contribution in [0.2, 0.25) is 0 Å². The van der Waals surface area contributed by atoms with Crippen LogP contribution in [-0.2, 0) is 0 Å². The van der Waals surface area contributed by atoms with Gasteiger partial charge < -0.3 is 15.2 Å². The van der Waals surface area contributed by atoms with Crippen molar-refractivity contribution < 1.29 is 9.59 Å². The van der Waals surface area contributed by atoms with Gasteiger partial charge in [-0.25, -0.2) is 4.98 Å². The second-order valence-corrected chi connectivity index (χ2v) is 6.80. The fourth-order valence-electron chi connectivity index (χ4n) is 3.19. The summed E-state index contributed by atoms with van der Waals surface area (Å²) < 4.78 is 0. The first-order chi connectivity index (χ1) is 14.2. The molecule has 0 aliphatic carbocycles. The maximum Gasteiger partial charge on any atom is 0.270 e. The Balaban J connectivity index is 1.44. The van der Waals surface area contributed by atoms with Crippen molar-refractivity contribution in [3.8, 4) is 11.8 Å². The summed E-state index contributed by atoms with van der Waals surface area (Å²) in [4.78, 5) is 33.9. The molecule has 2 amide bonds. The van der Waals surface area contributed by atoms with Gasteiger partial charge in [0.1, 0.15) is 11.4 Å². The van der Waals surface area contributed by atoms with E-state index in [1.165, 1.54) is 0 Å². The Morgan fingerprint density at radius 2 is 1.90 bits per heavy atom. The average molecular weight is 384 g/mol. The molecular weight excluding hydrogens is 364 g/mol. The van der Waals surface area contributed by atoms with Gasteiger partial charge in [-0.2, -0.15) is 0 Å². The minimum atomic E-state index is -0.281. The maximum atomic E-state index is 12.6. The number of aromatic amines is 1. The summed E-state index contributed by atoms with van der Waals surface area (Å²) >= 11 is 0. The highest BCUT2D eigenvalue weighted by Gasteiger charge is 2.21. The summed E-state index contributed by atoms with van der Waals surface area (Å²) in [6.07, 6.45) is 5.31. The summed E-state index contributed by atoms with van der Waals surface area (Å²) in [6, 6.07) is 14.5. The van der Waals surface area contributed by atoms with Crippen LogP contribution < -0.4 is 5.32 Å². The number of carbonyl (C=O) groups is 2. The van der Waals surface area contributed by atoms with Crippen molar-refractivity contribution in [2.45, 2.75) is 12.8 Å². The Labute approximate surface area is 169 Å². The van der Waals surface area contributed by atoms with Crippen molar-refractivity contribution in [3.63, 3.8) is 0 Å². The second kappa shape index (κ2) is 8.44. The van der Waals surface area contributed by atoms with Gasteiger partial charge in [-0.1, -0.05) is 18.1 Å². The highest BCUT2D eigenvalue weighted by Crippen LogP contribution is 2.15. The molecule has 6 nitrogen and oxygen atoms in total. The van der Waals surface area contributed by atoms with E-state index < -0.39 is 0 Å². The Morgan fingerprint density at radius 3 is 2.69 bits per heavy atom. The van der Waals surface area contributed by atoms with Crippen molar-refractivity contribution in [1.82, 2.24) is 14.9 Å². The highest BCUT2D eigenvalue weighted by atomic mass is 16.2. The first-order valence-corrected chi connectivity index (χ1v) is 9.51. The van der Waals surface area contributed by atoms with Crippen LogP contribution >= 0.6 is 0 Å². The van der Waals surface area contributed by atoms with Gasteiger partial charge in [0.2, 0.25) is 0 Å². The molecule has 29 heavy (non-hydrogen) atoms. The van der Waals surface area contributed by atoms with Crippen molar-refractivity contribution in [2.24, 2.45) is 0 Å². The fourth-order valence-corrected chi connectivity index (χ4v) is 3.19. The monoisotopic (exact) mass is 384 g/mol. The number of aromatic nitrogens is 2. The van der Waals surface area contributed by atoms with E-state index in [0.717, 1.165) is 31.5 Å². The average Bonchev–Trinajstić information content (AvgIpc) is 3.45. The number of pyridine rings is 1. The number of hydrogen-bond donors (Lipinski definition) is 2. The first kappa shape index (κ1) is 18.5. The van der Waals surface area contributed by atoms with E-state index in [1.54, 1.807) is 35.5 Å². The van der Waals surface area contributed by atoms with E-state index in [1.807, 2.05) is 30.3 Å². The van der Waals surface area contributed by atoms with Gasteiger partial charge in [0.05, 0.1) is 5.56 Å². The lowest BCUT2D eigenvalue weighted by molar-refractivity contribution is 0.0787. The molecule has 3 aromatic rings. The molecule has 144 valence electrons. The molecular formula is C23H20N4O2. The Morgan fingerprint density at radius 1 is 1.03 bits per heavy atom. The SMILES string of the molecule is O=C(Nc1cccc(C#Cc2ccccn2)c1)c1c[nH]c(C(=O)N2CCCC2)c1. The fraction of sp³-hybridized carbons (Fsp3) is 0.174. The highest BCUT2D eigenvalue weighted by molar-refractivity contribution is 6.06. The van der Waals surface area contributed by atoms with Gasteiger partial charge in [-0.15, -0.1) is 0 Å². The van der Waals surface area contributed by atoms with E-state index in [4.69, 9.17) is 0 Å². The van der Waals surface area contributed by atoms with Crippen molar-refractivity contribution >= 4 is 17.5 Å². The minimum absolute atomic E-state index is 0.0617. The van der Waals surface area contributed by atoms with Gasteiger partial charge in [0.15, 0.2) is 0 Å². The molecule has 2 N–H and O–H groups in total. The van der Waals surface area contributed by atoms with Crippen LogP contribution in [0.1, 0.15) is 44.9 Å². The number of H-pyrrole nitrogens is 1. The zero-order valence-corrected chi connectivity index (χ0v) is 15.8. The Hall–Kier alpha value is -3.85. The lowest BCUT2D eigenvalue weighted by Gasteiger charge is -2.13. The van der Waals surface area contributed by atoms with Crippen LogP contribution in [0.15, 0.2) is 60.9 Å². The largest absolute Gasteiger partial charge is 0.356 e. The summed E-state index contributed by atoms with van der Waals surface area (Å²) in [5.74, 6) is 5.70. The third kappa shape index (κ3) is 4.53. The molecule has 4 rings (SSSR count). The number of nitrogens with zero attached hydrogens (tertiary/aromatic N) is 2. The topological polar surface area (TPSA) is 78.1 Å². The van der Waals surface area contributed by atoms with Gasteiger partial charge in [-0.3, -0.25) is 9.59 Å². The number of likely N-dealkylation sites (tertiary alicyclic amines) is 1. The Bertz CT molecular complexity index is 1090. The third-order valence-electron chi connectivity index (χ3n) is 4.69. The smallest absolute Gasteiger partial charge is 0.270 e. The normalized spacial score (nSPS) is 12.9. The quantitative estimate of drug-likeness (QED) is 0.680. The van der Waals surface area contributed by atoms with Crippen LogP contribution in [0.3, 0.4) is 0 Å². The summed E-state index contributed by atoms with van der Waals surface area (Å²) in [5.41, 5.74) is 2.94. The zero-order chi connectivity index (χ0) is 20.1. The Kier molecular flexibility index (Phi) is 5.39. The molecule has 3 heterocycles. The van der Waals surface area contributed by atoms with Crippen LogP contribution in [0.4, 0.5) is 5.69 Å². The number of nitrogens with one attached hydrogen (secondary N) is 2. The molecule has 2 aromatic heterocycles. The zero-order valence-electron chi connectivity index (χ0n) is 15.8. The standard InChI is InChI=1S/C23H20N4O2/c28-22(18-15-21(25-16-18)23(29)27-12-3-4-13-27)26-20-8-5-6-17(14-20)9-10-19-7-1-2-11-24-19/h1-2,5-8,11,14-16,25H,3-4,12-13H2,(H,26,28). The molecule has 0 spiro atoms. The van der Waals surface area contributed by atoms with E-state index >= 15 is 0 Å². The molecule has 1 fully saturated rings. The molecule has 1 aliphatic heterocycles.